The van der Waals surface area contributed by atoms with Crippen LogP contribution in [-0.2, 0) is 6.42 Å². The number of aryl methyl sites for hydroxylation is 3. The second-order valence-corrected chi connectivity index (χ2v) is 6.93. The van der Waals surface area contributed by atoms with Gasteiger partial charge in [-0.05, 0) is 60.9 Å². The monoisotopic (exact) mass is 328 g/mol. The van der Waals surface area contributed by atoms with Crippen molar-refractivity contribution in [3.8, 4) is 0 Å². The zero-order chi connectivity index (χ0) is 14.1. The van der Waals surface area contributed by atoms with Gasteiger partial charge in [-0.25, -0.2) is 0 Å². The van der Waals surface area contributed by atoms with E-state index in [0.29, 0.717) is 10.7 Å². The van der Waals surface area contributed by atoms with Crippen molar-refractivity contribution in [2.75, 3.05) is 0 Å². The Morgan fingerprint density at radius 1 is 1.05 bits per heavy atom. The minimum Gasteiger partial charge on any atom is -0.0832 e. The molecule has 0 nitrogen and oxygen atoms in total. The van der Waals surface area contributed by atoms with E-state index in [0.717, 1.165) is 0 Å². The first-order chi connectivity index (χ1) is 9.66. The van der Waals surface area contributed by atoms with Crippen LogP contribution >= 0.6 is 15.9 Å². The molecule has 0 N–H and O–H groups in total. The molecule has 0 saturated carbocycles. The van der Waals surface area contributed by atoms with E-state index in [1.54, 1.807) is 5.56 Å². The van der Waals surface area contributed by atoms with E-state index in [4.69, 9.17) is 0 Å². The highest BCUT2D eigenvalue weighted by Gasteiger charge is 2.27. The van der Waals surface area contributed by atoms with Crippen molar-refractivity contribution in [3.63, 3.8) is 0 Å². The minimum atomic E-state index is 0.420. The largest absolute Gasteiger partial charge is 0.0832 e. The molecule has 0 aromatic heterocycles. The van der Waals surface area contributed by atoms with Gasteiger partial charge in [0.25, 0.3) is 0 Å². The molecule has 0 saturated heterocycles. The summed E-state index contributed by atoms with van der Waals surface area (Å²) in [4.78, 5) is 0.420. The molecule has 0 radical (unpaired) electrons. The van der Waals surface area contributed by atoms with Crippen LogP contribution in [0.3, 0.4) is 0 Å². The smallest absolute Gasteiger partial charge is 0.0464 e. The van der Waals surface area contributed by atoms with E-state index in [1.807, 2.05) is 0 Å². The maximum absolute atomic E-state index is 3.98. The first kappa shape index (κ1) is 13.9. The summed E-state index contributed by atoms with van der Waals surface area (Å²) in [5.41, 5.74) is 7.25. The molecular weight excluding hydrogens is 308 g/mol. The lowest BCUT2D eigenvalue weighted by atomic mass is 9.79. The zero-order valence-electron chi connectivity index (χ0n) is 12.2. The lowest BCUT2D eigenvalue weighted by Gasteiger charge is -2.30. The zero-order valence-corrected chi connectivity index (χ0v) is 13.8. The van der Waals surface area contributed by atoms with Crippen LogP contribution in [0.15, 0.2) is 42.5 Å². The molecule has 2 atom stereocenters. The van der Waals surface area contributed by atoms with Crippen molar-refractivity contribution in [3.05, 3.63) is 70.3 Å². The van der Waals surface area contributed by atoms with Crippen LogP contribution in [0.5, 0.6) is 0 Å². The van der Waals surface area contributed by atoms with Crippen LogP contribution in [-0.4, -0.2) is 0 Å². The number of halogens is 1. The number of hydrogen-bond acceptors (Lipinski definition) is 0. The predicted molar refractivity (Wildman–Crippen MR) is 89.7 cm³/mol. The van der Waals surface area contributed by atoms with Gasteiger partial charge in [-0.2, -0.15) is 0 Å². The van der Waals surface area contributed by atoms with Gasteiger partial charge in [0, 0.05) is 10.7 Å². The van der Waals surface area contributed by atoms with E-state index in [-0.39, 0.29) is 0 Å². The van der Waals surface area contributed by atoms with Crippen molar-refractivity contribution in [1.82, 2.24) is 0 Å². The molecule has 104 valence electrons. The van der Waals surface area contributed by atoms with E-state index >= 15 is 0 Å². The van der Waals surface area contributed by atoms with Gasteiger partial charge in [-0.1, -0.05) is 58.4 Å². The topological polar surface area (TPSA) is 0 Å². The maximum Gasteiger partial charge on any atom is 0.0464 e. The van der Waals surface area contributed by atoms with Crippen LogP contribution in [0.1, 0.15) is 51.4 Å². The Hall–Kier alpha value is -1.08. The summed E-state index contributed by atoms with van der Waals surface area (Å²) < 4.78 is 0. The minimum absolute atomic E-state index is 0.420. The van der Waals surface area contributed by atoms with Gasteiger partial charge in [0.05, 0.1) is 0 Å². The fourth-order valence-corrected chi connectivity index (χ4v) is 4.10. The second kappa shape index (κ2) is 5.73. The lowest BCUT2D eigenvalue weighted by molar-refractivity contribution is 0.547. The number of benzene rings is 2. The van der Waals surface area contributed by atoms with Gasteiger partial charge in [0.1, 0.15) is 0 Å². The van der Waals surface area contributed by atoms with E-state index in [2.05, 4.69) is 72.2 Å². The average Bonchev–Trinajstić information content (AvgIpc) is 2.49. The molecule has 1 aliphatic carbocycles. The molecule has 0 heterocycles. The van der Waals surface area contributed by atoms with E-state index in [1.165, 1.54) is 41.5 Å². The molecule has 0 bridgehead atoms. The summed E-state index contributed by atoms with van der Waals surface area (Å²) in [6, 6.07) is 15.8. The summed E-state index contributed by atoms with van der Waals surface area (Å²) in [5.74, 6) is 0.599. The third-order valence-corrected chi connectivity index (χ3v) is 5.79. The molecular formula is C19H21Br. The summed E-state index contributed by atoms with van der Waals surface area (Å²) in [7, 11) is 0. The van der Waals surface area contributed by atoms with E-state index in [9.17, 15) is 0 Å². The third-order valence-electron chi connectivity index (χ3n) is 4.62. The fourth-order valence-electron chi connectivity index (χ4n) is 3.26. The van der Waals surface area contributed by atoms with Crippen molar-refractivity contribution >= 4 is 15.9 Å². The van der Waals surface area contributed by atoms with Gasteiger partial charge in [0.15, 0.2) is 0 Å². The number of hydrogen-bond donors (Lipinski definition) is 0. The number of alkyl halides is 1. The summed E-state index contributed by atoms with van der Waals surface area (Å²) in [5, 5.41) is 0. The van der Waals surface area contributed by atoms with Crippen LogP contribution in [0.25, 0.3) is 0 Å². The summed E-state index contributed by atoms with van der Waals surface area (Å²) >= 11 is 3.98. The molecule has 3 rings (SSSR count). The molecule has 2 aromatic rings. The quantitative estimate of drug-likeness (QED) is 0.605. The molecule has 0 amide bonds. The molecule has 20 heavy (non-hydrogen) atoms. The lowest BCUT2D eigenvalue weighted by Crippen LogP contribution is -2.14. The summed E-state index contributed by atoms with van der Waals surface area (Å²) in [6.45, 7) is 4.38. The Balaban J connectivity index is 1.95. The molecule has 2 aromatic carbocycles. The number of fused-ring (bicyclic) bond motifs is 1. The Labute approximate surface area is 130 Å². The Morgan fingerprint density at radius 2 is 1.85 bits per heavy atom. The van der Waals surface area contributed by atoms with Gasteiger partial charge < -0.3 is 0 Å². The fraction of sp³-hybridized carbons (Fsp3) is 0.368. The molecule has 1 aliphatic rings. The van der Waals surface area contributed by atoms with Gasteiger partial charge >= 0.3 is 0 Å². The van der Waals surface area contributed by atoms with E-state index < -0.39 is 0 Å². The van der Waals surface area contributed by atoms with Crippen molar-refractivity contribution in [2.24, 2.45) is 0 Å². The molecule has 0 fully saturated rings. The van der Waals surface area contributed by atoms with Crippen molar-refractivity contribution in [2.45, 2.75) is 43.9 Å². The Bertz CT molecular complexity index is 615. The van der Waals surface area contributed by atoms with Gasteiger partial charge in [-0.3, -0.25) is 0 Å². The van der Waals surface area contributed by atoms with Crippen LogP contribution in [0.2, 0.25) is 0 Å². The number of rotatable bonds is 2. The highest BCUT2D eigenvalue weighted by molar-refractivity contribution is 9.09. The van der Waals surface area contributed by atoms with Crippen LogP contribution < -0.4 is 0 Å². The van der Waals surface area contributed by atoms with Gasteiger partial charge in [-0.15, -0.1) is 0 Å². The average molecular weight is 329 g/mol. The first-order valence-electron chi connectivity index (χ1n) is 7.46. The van der Waals surface area contributed by atoms with Crippen LogP contribution in [0, 0.1) is 13.8 Å². The Morgan fingerprint density at radius 3 is 2.65 bits per heavy atom. The molecule has 0 spiro atoms. The normalized spacial score (nSPS) is 19.4. The molecule has 2 unspecified atom stereocenters. The Kier molecular flexibility index (Phi) is 3.98. The second-order valence-electron chi connectivity index (χ2n) is 5.94. The van der Waals surface area contributed by atoms with Gasteiger partial charge in [0.2, 0.25) is 0 Å². The van der Waals surface area contributed by atoms with Crippen LogP contribution in [0.4, 0.5) is 0 Å². The maximum atomic E-state index is 3.98. The highest BCUT2D eigenvalue weighted by Crippen LogP contribution is 2.45. The SMILES string of the molecule is Cc1ccc(C(Br)C2CCCc3ccccc32)cc1C. The first-order valence-corrected chi connectivity index (χ1v) is 8.37. The standard InChI is InChI=1S/C19H21Br/c1-13-10-11-16(12-14(13)2)19(20)18-9-5-7-15-6-3-4-8-17(15)18/h3-4,6,8,10-12,18-19H,5,7,9H2,1-2H3. The van der Waals surface area contributed by atoms with Crippen molar-refractivity contribution in [1.29, 1.82) is 0 Å². The summed E-state index contributed by atoms with van der Waals surface area (Å²) in [6.07, 6.45) is 3.81. The molecule has 1 heteroatoms. The highest BCUT2D eigenvalue weighted by atomic mass is 79.9. The predicted octanol–water partition coefficient (Wildman–Crippen LogP) is 5.86. The van der Waals surface area contributed by atoms with Crippen molar-refractivity contribution < 1.29 is 0 Å². The molecule has 0 aliphatic heterocycles. The third kappa shape index (κ3) is 2.56.